The van der Waals surface area contributed by atoms with Crippen molar-refractivity contribution in [2.45, 2.75) is 13.0 Å². The van der Waals surface area contributed by atoms with Crippen molar-refractivity contribution in [1.82, 2.24) is 10.2 Å². The average molecular weight is 330 g/mol. The fourth-order valence-corrected chi connectivity index (χ4v) is 2.77. The lowest BCUT2D eigenvalue weighted by molar-refractivity contribution is 0.147. The van der Waals surface area contributed by atoms with E-state index in [4.69, 9.17) is 11.6 Å². The summed E-state index contributed by atoms with van der Waals surface area (Å²) in [5.74, 6) is 0. The van der Waals surface area contributed by atoms with Crippen LogP contribution < -0.4 is 5.32 Å². The highest BCUT2D eigenvalue weighted by atomic mass is 35.5. The summed E-state index contributed by atoms with van der Waals surface area (Å²) in [5, 5.41) is 3.95. The molecule has 0 bridgehead atoms. The van der Waals surface area contributed by atoms with Crippen molar-refractivity contribution in [3.63, 3.8) is 0 Å². The van der Waals surface area contributed by atoms with Gasteiger partial charge in [-0.05, 0) is 24.1 Å². The summed E-state index contributed by atoms with van der Waals surface area (Å²) in [6.07, 6.45) is 0. The molecule has 0 unspecified atom stereocenters. The zero-order valence-electron chi connectivity index (χ0n) is 10.9. The van der Waals surface area contributed by atoms with Crippen LogP contribution in [0.25, 0.3) is 0 Å². The number of nitrogens with one attached hydrogen (secondary N) is 1. The minimum absolute atomic E-state index is 0. The van der Waals surface area contributed by atoms with Gasteiger partial charge in [0, 0.05) is 31.2 Å². The lowest BCUT2D eigenvalue weighted by Gasteiger charge is -2.34. The van der Waals surface area contributed by atoms with Crippen molar-refractivity contribution in [2.75, 3.05) is 32.9 Å². The van der Waals surface area contributed by atoms with Crippen LogP contribution in [-0.2, 0) is 0 Å². The van der Waals surface area contributed by atoms with Crippen molar-refractivity contribution in [3.8, 4) is 0 Å². The molecule has 2 nitrogen and oxygen atoms in total. The largest absolute Gasteiger partial charge is 0.314 e. The second kappa shape index (κ2) is 8.98. The molecule has 1 heterocycles. The third kappa shape index (κ3) is 4.47. The molecular formula is C13H20Cl3FN2. The predicted molar refractivity (Wildman–Crippen MR) is 83.8 cm³/mol. The number of hydrogen-bond donors (Lipinski definition) is 1. The molecule has 0 spiro atoms. The molecule has 6 heteroatoms. The summed E-state index contributed by atoms with van der Waals surface area (Å²) in [5.41, 5.74) is 2.01. The fraction of sp³-hybridized carbons (Fsp3) is 0.538. The number of nitrogens with zero attached hydrogens (tertiary/aromatic N) is 1. The molecule has 1 aliphatic heterocycles. The van der Waals surface area contributed by atoms with Crippen molar-refractivity contribution in [3.05, 3.63) is 34.3 Å². The number of alkyl halides is 1. The molecule has 2 rings (SSSR count). The zero-order chi connectivity index (χ0) is 12.3. The number of aryl methyl sites for hydroxylation is 1. The summed E-state index contributed by atoms with van der Waals surface area (Å²) in [7, 11) is 0. The van der Waals surface area contributed by atoms with Crippen LogP contribution in [0.15, 0.2) is 18.2 Å². The molecule has 1 atom stereocenters. The molecular weight excluding hydrogens is 310 g/mol. The van der Waals surface area contributed by atoms with Gasteiger partial charge in [-0.25, -0.2) is 4.39 Å². The van der Waals surface area contributed by atoms with Crippen LogP contribution >= 0.6 is 36.4 Å². The Kier molecular flexibility index (Phi) is 8.95. The summed E-state index contributed by atoms with van der Waals surface area (Å²) >= 11 is 6.21. The summed E-state index contributed by atoms with van der Waals surface area (Å²) in [6.45, 7) is 5.19. The molecule has 0 aliphatic carbocycles. The number of benzene rings is 1. The molecule has 1 aromatic rings. The smallest absolute Gasteiger partial charge is 0.109 e. The van der Waals surface area contributed by atoms with E-state index in [-0.39, 0.29) is 37.5 Å². The van der Waals surface area contributed by atoms with E-state index in [2.05, 4.69) is 10.2 Å². The van der Waals surface area contributed by atoms with Crippen LogP contribution in [0.2, 0.25) is 5.02 Å². The van der Waals surface area contributed by atoms with Gasteiger partial charge in [-0.2, -0.15) is 0 Å². The van der Waals surface area contributed by atoms with Gasteiger partial charge in [0.1, 0.15) is 6.67 Å². The second-order valence-electron chi connectivity index (χ2n) is 4.43. The Labute approximate surface area is 131 Å². The number of halogens is 4. The maximum atomic E-state index is 13.4. The fourth-order valence-electron chi connectivity index (χ4n) is 2.42. The third-order valence-corrected chi connectivity index (χ3v) is 3.67. The zero-order valence-corrected chi connectivity index (χ0v) is 13.3. The minimum atomic E-state index is -0.384. The average Bonchev–Trinajstić information content (AvgIpc) is 2.35. The molecule has 0 radical (unpaired) electrons. The Hall–Kier alpha value is -0.0600. The van der Waals surface area contributed by atoms with Gasteiger partial charge in [0.25, 0.3) is 0 Å². The highest BCUT2D eigenvalue weighted by molar-refractivity contribution is 6.31. The standard InChI is InChI=1S/C13H18ClFN2.2ClH/c1-10-3-2-4-11(14)13(10)12(9-15)17-7-5-16-6-8-17;;/h2-4,12,16H,5-9H2,1H3;2*1H/t12-;;/m1../s1. The first kappa shape index (κ1) is 18.9. The summed E-state index contributed by atoms with van der Waals surface area (Å²) in [4.78, 5) is 2.17. The van der Waals surface area contributed by atoms with Crippen LogP contribution in [0.3, 0.4) is 0 Å². The van der Waals surface area contributed by atoms with E-state index in [1.165, 1.54) is 0 Å². The van der Waals surface area contributed by atoms with Crippen LogP contribution in [0.1, 0.15) is 17.2 Å². The molecule has 1 aliphatic rings. The summed E-state index contributed by atoms with van der Waals surface area (Å²) in [6, 6.07) is 5.54. The monoisotopic (exact) mass is 328 g/mol. The van der Waals surface area contributed by atoms with E-state index in [0.29, 0.717) is 5.02 Å². The van der Waals surface area contributed by atoms with Gasteiger partial charge in [-0.1, -0.05) is 23.7 Å². The molecule has 0 amide bonds. The number of rotatable bonds is 3. The first-order chi connectivity index (χ1) is 8.24. The van der Waals surface area contributed by atoms with Crippen LogP contribution in [0.4, 0.5) is 4.39 Å². The third-order valence-electron chi connectivity index (χ3n) is 3.34. The Morgan fingerprint density at radius 1 is 1.32 bits per heavy atom. The van der Waals surface area contributed by atoms with E-state index in [1.807, 2.05) is 25.1 Å². The van der Waals surface area contributed by atoms with E-state index < -0.39 is 0 Å². The topological polar surface area (TPSA) is 15.3 Å². The molecule has 0 saturated carbocycles. The lowest BCUT2D eigenvalue weighted by Crippen LogP contribution is -2.45. The molecule has 1 aromatic carbocycles. The summed E-state index contributed by atoms with van der Waals surface area (Å²) < 4.78 is 13.4. The maximum absolute atomic E-state index is 13.4. The first-order valence-electron chi connectivity index (χ1n) is 5.99. The van der Waals surface area contributed by atoms with Gasteiger partial charge in [0.05, 0.1) is 6.04 Å². The normalized spacial score (nSPS) is 17.2. The maximum Gasteiger partial charge on any atom is 0.109 e. The van der Waals surface area contributed by atoms with Crippen LogP contribution in [0, 0.1) is 6.92 Å². The Morgan fingerprint density at radius 2 is 1.95 bits per heavy atom. The molecule has 110 valence electrons. The van der Waals surface area contributed by atoms with Gasteiger partial charge < -0.3 is 5.32 Å². The van der Waals surface area contributed by atoms with Gasteiger partial charge in [0.2, 0.25) is 0 Å². The number of hydrogen-bond acceptors (Lipinski definition) is 2. The Balaban J connectivity index is 0.00000162. The van der Waals surface area contributed by atoms with E-state index >= 15 is 0 Å². The first-order valence-corrected chi connectivity index (χ1v) is 6.37. The van der Waals surface area contributed by atoms with Crippen molar-refractivity contribution in [1.29, 1.82) is 0 Å². The highest BCUT2D eigenvalue weighted by Gasteiger charge is 2.25. The minimum Gasteiger partial charge on any atom is -0.314 e. The van der Waals surface area contributed by atoms with Crippen molar-refractivity contribution in [2.24, 2.45) is 0 Å². The van der Waals surface area contributed by atoms with Gasteiger partial charge in [0.15, 0.2) is 0 Å². The molecule has 1 N–H and O–H groups in total. The quantitative estimate of drug-likeness (QED) is 0.914. The second-order valence-corrected chi connectivity index (χ2v) is 4.83. The molecule has 1 fully saturated rings. The SMILES string of the molecule is Cc1cccc(Cl)c1[C@@H](CF)N1CCNCC1.Cl.Cl. The predicted octanol–water partition coefficient (Wildman–Crippen LogP) is 3.41. The molecule has 0 aromatic heterocycles. The number of piperazine rings is 1. The van der Waals surface area contributed by atoms with Gasteiger partial charge in [-0.15, -0.1) is 24.8 Å². The van der Waals surface area contributed by atoms with E-state index in [9.17, 15) is 4.39 Å². The van der Waals surface area contributed by atoms with Crippen LogP contribution in [-0.4, -0.2) is 37.8 Å². The Bertz CT molecular complexity index is 364. The van der Waals surface area contributed by atoms with Crippen LogP contribution in [0.5, 0.6) is 0 Å². The molecule has 19 heavy (non-hydrogen) atoms. The highest BCUT2D eigenvalue weighted by Crippen LogP contribution is 2.31. The Morgan fingerprint density at radius 3 is 2.47 bits per heavy atom. The van der Waals surface area contributed by atoms with E-state index in [1.54, 1.807) is 0 Å². The van der Waals surface area contributed by atoms with Gasteiger partial charge in [-0.3, -0.25) is 4.90 Å². The van der Waals surface area contributed by atoms with Crippen molar-refractivity contribution >= 4 is 36.4 Å². The molecule has 1 saturated heterocycles. The van der Waals surface area contributed by atoms with Crippen molar-refractivity contribution < 1.29 is 4.39 Å². The lowest BCUT2D eigenvalue weighted by atomic mass is 10.00. The van der Waals surface area contributed by atoms with Gasteiger partial charge >= 0.3 is 0 Å². The van der Waals surface area contributed by atoms with E-state index in [0.717, 1.165) is 37.3 Å².